The Morgan fingerprint density at radius 1 is 0.357 bits per heavy atom. The van der Waals surface area contributed by atoms with Crippen molar-refractivity contribution in [1.82, 2.24) is 10.6 Å². The van der Waals surface area contributed by atoms with Crippen molar-refractivity contribution >= 4 is 35.7 Å². The predicted molar refractivity (Wildman–Crippen MR) is 203 cm³/mol. The first-order valence-electron chi connectivity index (χ1n) is 21.3. The van der Waals surface area contributed by atoms with Gasteiger partial charge in [-0.2, -0.15) is 0 Å². The minimum atomic E-state index is -1.46. The minimum absolute atomic E-state index is 0. The zero-order valence-electron chi connectivity index (χ0n) is 35.9. The Hall–Kier alpha value is -1.18. The van der Waals surface area contributed by atoms with Crippen LogP contribution in [0, 0.1) is 0 Å². The zero-order valence-corrected chi connectivity index (χ0v) is 39.9. The molecule has 0 aromatic rings. The van der Waals surface area contributed by atoms with Crippen molar-refractivity contribution < 1.29 is 108 Å². The summed E-state index contributed by atoms with van der Waals surface area (Å²) in [6, 6.07) is -2.53. The van der Waals surface area contributed by atoms with E-state index in [4.69, 9.17) is 0 Å². The Balaban J connectivity index is -0.000000471. The number of rotatable bonds is 38. The molecule has 0 aromatic heterocycles. The number of carboxylic acid groups (broad SMARTS) is 4. The first-order chi connectivity index (χ1) is 25.9. The third-order valence-corrected chi connectivity index (χ3v) is 9.53. The van der Waals surface area contributed by atoms with Gasteiger partial charge in [-0.1, -0.05) is 168 Å². The van der Waals surface area contributed by atoms with E-state index in [0.717, 1.165) is 25.7 Å². The molecule has 2 amide bonds. The quantitative estimate of drug-likeness (QED) is 0.0542. The van der Waals surface area contributed by atoms with E-state index < -0.39 is 48.8 Å². The predicted octanol–water partition coefficient (Wildman–Crippen LogP) is -1.53. The molecule has 316 valence electrons. The van der Waals surface area contributed by atoms with Gasteiger partial charge in [-0.15, -0.1) is 0 Å². The zero-order chi connectivity index (χ0) is 40.7. The van der Waals surface area contributed by atoms with E-state index in [0.29, 0.717) is 12.8 Å². The number of carbonyl (C=O) groups is 6. The maximum atomic E-state index is 11.8. The fourth-order valence-corrected chi connectivity index (χ4v) is 6.16. The van der Waals surface area contributed by atoms with Crippen LogP contribution in [0.4, 0.5) is 0 Å². The van der Waals surface area contributed by atoms with Gasteiger partial charge < -0.3 is 50.2 Å². The molecule has 2 unspecified atom stereocenters. The van der Waals surface area contributed by atoms with Crippen LogP contribution in [0.15, 0.2) is 0 Å². The number of hydrogen-bond donors (Lipinski definition) is 2. The van der Waals surface area contributed by atoms with E-state index in [9.17, 15) is 49.2 Å². The Kier molecular flexibility index (Phi) is 51.1. The maximum Gasteiger partial charge on any atom is 1.00 e. The van der Waals surface area contributed by atoms with E-state index in [2.05, 4.69) is 24.5 Å². The second-order valence-corrected chi connectivity index (χ2v) is 14.7. The van der Waals surface area contributed by atoms with Crippen molar-refractivity contribution in [3.05, 3.63) is 0 Å². The van der Waals surface area contributed by atoms with Crippen molar-refractivity contribution in [2.45, 2.75) is 231 Å². The molecule has 56 heavy (non-hydrogen) atoms. The minimum Gasteiger partial charge on any atom is -0.550 e. The van der Waals surface area contributed by atoms with Gasteiger partial charge in [0.15, 0.2) is 0 Å². The monoisotopic (exact) mass is 813 g/mol. The largest absolute Gasteiger partial charge is 1.00 e. The smallest absolute Gasteiger partial charge is 0.550 e. The van der Waals surface area contributed by atoms with E-state index in [1.54, 1.807) is 0 Å². The number of aliphatic carboxylic acids is 4. The van der Waals surface area contributed by atoms with Crippen LogP contribution in [-0.2, 0) is 28.8 Å². The average molecular weight is 813 g/mol. The van der Waals surface area contributed by atoms with Gasteiger partial charge in [-0.3, -0.25) is 9.59 Å². The molecule has 0 fully saturated rings. The molecule has 0 saturated heterocycles. The molecule has 14 heteroatoms. The second-order valence-electron chi connectivity index (χ2n) is 14.7. The fraction of sp³-hybridized carbons (Fsp3) is 0.857. The van der Waals surface area contributed by atoms with Gasteiger partial charge in [0, 0.05) is 24.8 Å². The van der Waals surface area contributed by atoms with Crippen LogP contribution >= 0.6 is 0 Å². The molecule has 0 aliphatic rings. The molecule has 2 atom stereocenters. The third-order valence-electron chi connectivity index (χ3n) is 9.53. The van der Waals surface area contributed by atoms with E-state index in [1.165, 1.54) is 128 Å². The van der Waals surface area contributed by atoms with Crippen LogP contribution in [0.2, 0.25) is 0 Å². The van der Waals surface area contributed by atoms with Gasteiger partial charge in [-0.25, -0.2) is 0 Å². The number of amides is 2. The standard InChI is InChI=1S/C23H43NO5.C19H35NO5.2Na/c1-2-3-4-5-6-7-8-9-10-11-12-13-14-15-16-17-21(25)24-20(23(28)29)18-19-22(26)27;1-2-3-4-5-6-7-8-9-10-11-12-13-17(21)20-16(19(24)25)14-15-18(22)23;;/h20H,2-19H2,1H3,(H,24,25)(H,26,27)(H,28,29);16H,2-15H2,1H3,(H,20,21)(H,22,23)(H,24,25);;/q;;2*+1/p-4. The third kappa shape index (κ3) is 47.2. The molecular weight excluding hydrogens is 738 g/mol. The van der Waals surface area contributed by atoms with Crippen molar-refractivity contribution in [3.8, 4) is 0 Å². The summed E-state index contributed by atoms with van der Waals surface area (Å²) in [5, 5.41) is 47.2. The molecular formula is C42H74N2Na2O10-2. The topological polar surface area (TPSA) is 219 Å². The summed E-state index contributed by atoms with van der Waals surface area (Å²) in [6.07, 6.45) is 30.9. The SMILES string of the molecule is CCCCCCCCCCCCCC(=O)NC(CCC(=O)[O-])C(=O)[O-].CCCCCCCCCCCCCCCCCC(=O)NC(CCC(=O)[O-])C(=O)[O-].[Na+].[Na+]. The van der Waals surface area contributed by atoms with Crippen LogP contribution in [0.1, 0.15) is 219 Å². The van der Waals surface area contributed by atoms with Crippen LogP contribution in [0.3, 0.4) is 0 Å². The summed E-state index contributed by atoms with van der Waals surface area (Å²) in [5.74, 6) is -6.35. The van der Waals surface area contributed by atoms with Crippen LogP contribution in [0.5, 0.6) is 0 Å². The molecule has 0 heterocycles. The van der Waals surface area contributed by atoms with Gasteiger partial charge in [-0.05, 0) is 38.5 Å². The summed E-state index contributed by atoms with van der Waals surface area (Å²) < 4.78 is 0. The van der Waals surface area contributed by atoms with E-state index in [1.807, 2.05) is 0 Å². The number of carbonyl (C=O) groups excluding carboxylic acids is 6. The van der Waals surface area contributed by atoms with Gasteiger partial charge >= 0.3 is 59.1 Å². The molecule has 0 aliphatic carbocycles. The van der Waals surface area contributed by atoms with Gasteiger partial charge in [0.25, 0.3) is 0 Å². The van der Waals surface area contributed by atoms with E-state index in [-0.39, 0.29) is 96.6 Å². The molecule has 0 aromatic carbocycles. The summed E-state index contributed by atoms with van der Waals surface area (Å²) in [4.78, 5) is 66.0. The first kappa shape index (κ1) is 61.5. The Morgan fingerprint density at radius 3 is 0.768 bits per heavy atom. The van der Waals surface area contributed by atoms with Gasteiger partial charge in [0.2, 0.25) is 11.8 Å². The van der Waals surface area contributed by atoms with Crippen LogP contribution < -0.4 is 90.2 Å². The number of hydrogen-bond acceptors (Lipinski definition) is 10. The van der Waals surface area contributed by atoms with Crippen LogP contribution in [0.25, 0.3) is 0 Å². The summed E-state index contributed by atoms with van der Waals surface area (Å²) in [7, 11) is 0. The van der Waals surface area contributed by atoms with E-state index >= 15 is 0 Å². The Bertz CT molecular complexity index is 987. The van der Waals surface area contributed by atoms with Crippen molar-refractivity contribution in [3.63, 3.8) is 0 Å². The number of carboxylic acids is 4. The number of unbranched alkanes of at least 4 members (excludes halogenated alkanes) is 24. The normalized spacial score (nSPS) is 11.5. The summed E-state index contributed by atoms with van der Waals surface area (Å²) in [6.45, 7) is 4.46. The van der Waals surface area contributed by atoms with Crippen molar-refractivity contribution in [1.29, 1.82) is 0 Å². The Labute approximate surface area is 383 Å². The summed E-state index contributed by atoms with van der Waals surface area (Å²) in [5.41, 5.74) is 0. The van der Waals surface area contributed by atoms with Crippen molar-refractivity contribution in [2.75, 3.05) is 0 Å². The molecule has 0 saturated carbocycles. The molecule has 0 aliphatic heterocycles. The van der Waals surface area contributed by atoms with Gasteiger partial charge in [0.1, 0.15) is 0 Å². The molecule has 0 radical (unpaired) electrons. The summed E-state index contributed by atoms with van der Waals surface area (Å²) >= 11 is 0. The Morgan fingerprint density at radius 2 is 0.571 bits per heavy atom. The molecule has 0 bridgehead atoms. The number of nitrogens with one attached hydrogen (secondary N) is 2. The molecule has 12 nitrogen and oxygen atoms in total. The molecule has 2 N–H and O–H groups in total. The maximum absolute atomic E-state index is 11.8. The molecule has 0 rings (SSSR count). The first-order valence-corrected chi connectivity index (χ1v) is 21.3. The van der Waals surface area contributed by atoms with Crippen molar-refractivity contribution in [2.24, 2.45) is 0 Å². The second kappa shape index (κ2) is 46.5. The van der Waals surface area contributed by atoms with Crippen LogP contribution in [-0.4, -0.2) is 47.8 Å². The van der Waals surface area contributed by atoms with Gasteiger partial charge in [0.05, 0.1) is 24.0 Å². The molecule has 0 spiro atoms. The fourth-order valence-electron chi connectivity index (χ4n) is 6.16. The average Bonchev–Trinajstić information content (AvgIpc) is 3.12.